The minimum absolute atomic E-state index is 0.0801. The van der Waals surface area contributed by atoms with Crippen molar-refractivity contribution < 1.29 is 17.9 Å². The molecule has 4 aromatic rings. The first-order chi connectivity index (χ1) is 18.8. The van der Waals surface area contributed by atoms with Crippen molar-refractivity contribution in [2.24, 2.45) is 0 Å². The lowest BCUT2D eigenvalue weighted by Gasteiger charge is -2.33. The molecule has 2 heterocycles. The van der Waals surface area contributed by atoms with Gasteiger partial charge in [-0.3, -0.25) is 0 Å². The number of rotatable bonds is 8. The Hall–Kier alpha value is -4.01. The Morgan fingerprint density at radius 1 is 1.03 bits per heavy atom. The second-order valence-corrected chi connectivity index (χ2v) is 10.4. The largest absolute Gasteiger partial charge is 0.487 e. The maximum absolute atomic E-state index is 15.1. The predicted molar refractivity (Wildman–Crippen MR) is 147 cm³/mol. The number of imidazole rings is 1. The fourth-order valence-corrected chi connectivity index (χ4v) is 5.21. The molecule has 9 heteroatoms. The smallest absolute Gasteiger partial charge is 0.270 e. The summed E-state index contributed by atoms with van der Waals surface area (Å²) in [5, 5.41) is 10.8. The van der Waals surface area contributed by atoms with Gasteiger partial charge in [0.15, 0.2) is 11.6 Å². The Labute approximate surface area is 224 Å². The quantitative estimate of drug-likeness (QED) is 0.232. The van der Waals surface area contributed by atoms with Crippen molar-refractivity contribution in [3.05, 3.63) is 77.6 Å². The van der Waals surface area contributed by atoms with E-state index in [1.54, 1.807) is 6.07 Å². The number of hydrogen-bond donors (Lipinski definition) is 2. The van der Waals surface area contributed by atoms with Gasteiger partial charge in [-0.1, -0.05) is 24.3 Å². The van der Waals surface area contributed by atoms with Crippen LogP contribution in [0.4, 0.5) is 30.5 Å². The van der Waals surface area contributed by atoms with E-state index < -0.39 is 11.7 Å². The molecule has 0 spiro atoms. The Kier molecular flexibility index (Phi) is 6.45. The van der Waals surface area contributed by atoms with E-state index >= 15 is 4.39 Å². The molecule has 0 unspecified atom stereocenters. The third-order valence-electron chi connectivity index (χ3n) is 7.42. The molecule has 0 amide bonds. The van der Waals surface area contributed by atoms with Crippen molar-refractivity contribution in [1.29, 1.82) is 5.41 Å². The van der Waals surface area contributed by atoms with Crippen LogP contribution in [0.5, 0.6) is 5.75 Å². The summed E-state index contributed by atoms with van der Waals surface area (Å²) in [6.45, 7) is 2.32. The van der Waals surface area contributed by atoms with Crippen LogP contribution in [-0.4, -0.2) is 35.0 Å². The van der Waals surface area contributed by atoms with Crippen molar-refractivity contribution in [3.8, 4) is 5.75 Å². The molecule has 2 N–H and O–H groups in total. The summed E-state index contributed by atoms with van der Waals surface area (Å²) in [4.78, 5) is 7.21. The van der Waals surface area contributed by atoms with Gasteiger partial charge in [0, 0.05) is 68.0 Å². The molecule has 6 nitrogen and oxygen atoms in total. The number of piperidine rings is 1. The Morgan fingerprint density at radius 3 is 2.51 bits per heavy atom. The first kappa shape index (κ1) is 25.3. The van der Waals surface area contributed by atoms with E-state index in [-0.39, 0.29) is 17.4 Å². The fourth-order valence-electron chi connectivity index (χ4n) is 5.21. The maximum atomic E-state index is 15.1. The lowest BCUT2D eigenvalue weighted by molar-refractivity contribution is 0.0175. The van der Waals surface area contributed by atoms with Crippen LogP contribution in [0.1, 0.15) is 49.8 Å². The zero-order valence-corrected chi connectivity index (χ0v) is 21.6. The molecule has 2 fully saturated rings. The van der Waals surface area contributed by atoms with Gasteiger partial charge in [-0.25, -0.2) is 18.2 Å². The van der Waals surface area contributed by atoms with E-state index in [2.05, 4.69) is 20.9 Å². The molecule has 3 aromatic carbocycles. The highest BCUT2D eigenvalue weighted by Crippen LogP contribution is 2.41. The number of nitrogens with one attached hydrogen (secondary N) is 2. The summed E-state index contributed by atoms with van der Waals surface area (Å²) in [6, 6.07) is 17.3. The number of alkyl halides is 2. The van der Waals surface area contributed by atoms with Gasteiger partial charge in [0.2, 0.25) is 5.95 Å². The van der Waals surface area contributed by atoms with Gasteiger partial charge in [-0.2, -0.15) is 0 Å². The minimum Gasteiger partial charge on any atom is -0.487 e. The highest BCUT2D eigenvalue weighted by molar-refractivity contribution is 5.88. The summed E-state index contributed by atoms with van der Waals surface area (Å²) in [5.41, 5.74) is 3.11. The van der Waals surface area contributed by atoms with Gasteiger partial charge in [0.05, 0.1) is 16.7 Å². The zero-order chi connectivity index (χ0) is 27.1. The van der Waals surface area contributed by atoms with E-state index in [1.807, 2.05) is 18.2 Å². The second kappa shape index (κ2) is 9.94. The van der Waals surface area contributed by atoms with Crippen molar-refractivity contribution in [2.75, 3.05) is 23.3 Å². The van der Waals surface area contributed by atoms with Gasteiger partial charge in [0.25, 0.3) is 5.92 Å². The lowest BCUT2D eigenvalue weighted by Crippen LogP contribution is -2.39. The third kappa shape index (κ3) is 5.17. The predicted octanol–water partition coefficient (Wildman–Crippen LogP) is 7.41. The molecule has 6 rings (SSSR count). The van der Waals surface area contributed by atoms with Crippen LogP contribution in [0.2, 0.25) is 0 Å². The number of para-hydroxylation sites is 2. The van der Waals surface area contributed by atoms with Crippen molar-refractivity contribution in [1.82, 2.24) is 9.55 Å². The van der Waals surface area contributed by atoms with Crippen LogP contribution < -0.4 is 15.0 Å². The molecule has 1 saturated heterocycles. The monoisotopic (exact) mass is 533 g/mol. The molecular weight excluding hydrogens is 503 g/mol. The summed E-state index contributed by atoms with van der Waals surface area (Å²) in [5.74, 6) is -2.49. The topological polar surface area (TPSA) is 66.2 Å². The van der Waals surface area contributed by atoms with Crippen molar-refractivity contribution >= 4 is 34.6 Å². The number of anilines is 3. The van der Waals surface area contributed by atoms with E-state index in [1.165, 1.54) is 48.7 Å². The number of benzene rings is 3. The average Bonchev–Trinajstić information content (AvgIpc) is 3.69. The molecule has 39 heavy (non-hydrogen) atoms. The zero-order valence-electron chi connectivity index (χ0n) is 21.6. The van der Waals surface area contributed by atoms with Gasteiger partial charge in [-0.15, -0.1) is 0 Å². The Bertz CT molecular complexity index is 1520. The highest BCUT2D eigenvalue weighted by atomic mass is 19.3. The van der Waals surface area contributed by atoms with Gasteiger partial charge in [0.1, 0.15) is 6.10 Å². The first-order valence-electron chi connectivity index (χ1n) is 13.3. The number of ether oxygens (including phenoxy) is 1. The lowest BCUT2D eigenvalue weighted by atomic mass is 10.1. The molecular formula is C30H30F3N5O. The highest BCUT2D eigenvalue weighted by Gasteiger charge is 2.32. The van der Waals surface area contributed by atoms with Crippen LogP contribution >= 0.6 is 0 Å². The number of fused-ring (bicyclic) bond motifs is 1. The molecule has 1 aromatic heterocycles. The number of nitrogens with zero attached hydrogens (tertiary/aromatic N) is 3. The van der Waals surface area contributed by atoms with Crippen molar-refractivity contribution in [2.45, 2.75) is 50.7 Å². The average molecular weight is 534 g/mol. The second-order valence-electron chi connectivity index (χ2n) is 10.4. The van der Waals surface area contributed by atoms with Crippen LogP contribution in [0.3, 0.4) is 0 Å². The fraction of sp³-hybridized carbons (Fsp3) is 0.333. The standard InChI is InChI=1S/C30H30F3N5O/c1-30(32,33)20-5-4-6-21(16-20)35-26-17-24(31)28(15-19(26)18-34)39-23-11-13-37(14-12-23)29-36-25-7-2-3-8-27(25)38(29)22-9-10-22/h2-8,15-18,22-23,34-35H,9-14H2,1H3. The van der Waals surface area contributed by atoms with Crippen LogP contribution in [0.25, 0.3) is 11.0 Å². The molecule has 1 saturated carbocycles. The number of aromatic nitrogens is 2. The molecule has 0 radical (unpaired) electrons. The van der Waals surface area contributed by atoms with E-state index in [4.69, 9.17) is 15.1 Å². The third-order valence-corrected chi connectivity index (χ3v) is 7.42. The molecule has 202 valence electrons. The normalized spacial score (nSPS) is 16.5. The van der Waals surface area contributed by atoms with Gasteiger partial charge < -0.3 is 24.9 Å². The van der Waals surface area contributed by atoms with Crippen LogP contribution in [0.15, 0.2) is 60.7 Å². The summed E-state index contributed by atoms with van der Waals surface area (Å²) >= 11 is 0. The molecule has 2 aliphatic rings. The first-order valence-corrected chi connectivity index (χ1v) is 13.3. The summed E-state index contributed by atoms with van der Waals surface area (Å²) < 4.78 is 51.0. The maximum Gasteiger partial charge on any atom is 0.270 e. The summed E-state index contributed by atoms with van der Waals surface area (Å²) in [6.07, 6.45) is 4.69. The number of hydrogen-bond acceptors (Lipinski definition) is 5. The van der Waals surface area contributed by atoms with Crippen molar-refractivity contribution in [3.63, 3.8) is 0 Å². The van der Waals surface area contributed by atoms with E-state index in [0.29, 0.717) is 35.8 Å². The minimum atomic E-state index is -2.99. The van der Waals surface area contributed by atoms with Gasteiger partial charge >= 0.3 is 0 Å². The SMILES string of the molecule is CC(F)(F)c1cccc(Nc2cc(F)c(OC3CCN(c4nc5ccccc5n4C4CC4)CC3)cc2C=N)c1. The molecule has 0 bridgehead atoms. The molecule has 1 aliphatic carbocycles. The number of halogens is 3. The molecule has 0 atom stereocenters. The molecule has 1 aliphatic heterocycles. The van der Waals surface area contributed by atoms with E-state index in [0.717, 1.165) is 37.7 Å². The van der Waals surface area contributed by atoms with Gasteiger partial charge in [-0.05, 0) is 43.2 Å². The van der Waals surface area contributed by atoms with Crippen LogP contribution in [0, 0.1) is 11.2 Å². The Balaban J connectivity index is 1.15. The van der Waals surface area contributed by atoms with E-state index in [9.17, 15) is 8.78 Å². The van der Waals surface area contributed by atoms with Crippen LogP contribution in [-0.2, 0) is 5.92 Å². The summed E-state index contributed by atoms with van der Waals surface area (Å²) in [7, 11) is 0. The Morgan fingerprint density at radius 2 is 1.79 bits per heavy atom.